The van der Waals surface area contributed by atoms with E-state index in [4.69, 9.17) is 40.7 Å². The lowest BCUT2D eigenvalue weighted by atomic mass is 9.78. The lowest BCUT2D eigenvalue weighted by molar-refractivity contribution is 0.0818. The zero-order valence-electron chi connectivity index (χ0n) is 89.5. The van der Waals surface area contributed by atoms with Crippen molar-refractivity contribution >= 4 is 246 Å². The molecule has 0 aliphatic heterocycles. The van der Waals surface area contributed by atoms with Crippen LogP contribution in [0, 0.1) is 3.57 Å². The van der Waals surface area contributed by atoms with Gasteiger partial charge in [-0.2, -0.15) is 21.3 Å². The van der Waals surface area contributed by atoms with E-state index >= 15 is 0 Å². The summed E-state index contributed by atoms with van der Waals surface area (Å²) in [7, 11) is -13.2. The molecule has 754 valence electrons. The van der Waals surface area contributed by atoms with Gasteiger partial charge in [0.25, 0.3) is 0 Å². The van der Waals surface area contributed by atoms with Crippen LogP contribution in [0.2, 0.25) is 142 Å². The van der Waals surface area contributed by atoms with Crippen LogP contribution in [0.25, 0.3) is 133 Å². The molecule has 0 radical (unpaired) electrons. The van der Waals surface area contributed by atoms with Gasteiger partial charge in [-0.1, -0.05) is 319 Å². The Kier molecular flexibility index (Phi) is 35.0. The monoisotopic (exact) mass is 2290 g/mol. The number of aromatic nitrogens is 13. The van der Waals surface area contributed by atoms with E-state index in [1.807, 2.05) is 94.4 Å². The first-order valence-corrected chi connectivity index (χ1v) is 75.3. The molecule has 0 saturated carbocycles. The minimum Gasteiger partial charge on any atom is -0.423 e. The molecule has 0 saturated heterocycles. The molecule has 0 bridgehead atoms. The number of benzene rings is 9. The maximum absolute atomic E-state index is 9.45. The zero-order valence-corrected chi connectivity index (χ0v) is 103. The number of halogens is 4. The van der Waals surface area contributed by atoms with E-state index in [0.29, 0.717) is 34.5 Å². The molecule has 0 amide bonds. The fourth-order valence-electron chi connectivity index (χ4n) is 16.1. The Balaban J connectivity index is 0.000000157. The third-order valence-electron chi connectivity index (χ3n) is 30.0. The van der Waals surface area contributed by atoms with Gasteiger partial charge in [0.2, 0.25) is 0 Å². The largest absolute Gasteiger partial charge is 0.489 e. The normalized spacial score (nSPS) is 12.8. The van der Waals surface area contributed by atoms with Gasteiger partial charge in [0.1, 0.15) is 24.8 Å². The third-order valence-corrected chi connectivity index (χ3v) is 61.8. The van der Waals surface area contributed by atoms with Crippen LogP contribution in [0.3, 0.4) is 0 Å². The number of H-pyrrole nitrogens is 3. The van der Waals surface area contributed by atoms with Crippen molar-refractivity contribution < 1.29 is 29.6 Å². The summed E-state index contributed by atoms with van der Waals surface area (Å²) in [6, 6.07) is 72.8. The number of hydrogen-bond donors (Lipinski definition) is 7. The number of nitrogens with zero attached hydrogens (tertiary/aromatic N) is 10. The van der Waals surface area contributed by atoms with Crippen molar-refractivity contribution in [3.63, 3.8) is 0 Å². The summed E-state index contributed by atoms with van der Waals surface area (Å²) < 4.78 is 29.3. The van der Waals surface area contributed by atoms with Gasteiger partial charge in [0, 0.05) is 103 Å². The second-order valence-electron chi connectivity index (χ2n) is 47.6. The van der Waals surface area contributed by atoms with E-state index in [0.717, 1.165) is 118 Å². The lowest BCUT2D eigenvalue weighted by Crippen LogP contribution is -2.45. The molecule has 0 spiro atoms. The second-order valence-corrected chi connectivity index (χ2v) is 89.5. The van der Waals surface area contributed by atoms with E-state index in [-0.39, 0.29) is 15.1 Å². The predicted molar refractivity (Wildman–Crippen MR) is 644 cm³/mol. The molecule has 0 unspecified atom stereocenters. The van der Waals surface area contributed by atoms with Gasteiger partial charge in [0.05, 0.1) is 33.1 Å². The van der Waals surface area contributed by atoms with E-state index in [9.17, 15) is 20.1 Å². The smallest absolute Gasteiger partial charge is 0.423 e. The quantitative estimate of drug-likeness (QED) is 0.0175. The van der Waals surface area contributed by atoms with Crippen molar-refractivity contribution in [3.05, 3.63) is 250 Å². The van der Waals surface area contributed by atoms with Crippen LogP contribution < -0.4 is 10.9 Å². The Labute approximate surface area is 885 Å². The van der Waals surface area contributed by atoms with E-state index < -0.39 is 70.7 Å². The Bertz CT molecular complexity index is 7210. The number of imidazole rings is 2. The van der Waals surface area contributed by atoms with E-state index in [1.54, 1.807) is 12.1 Å². The van der Waals surface area contributed by atoms with Gasteiger partial charge in [-0.15, -0.1) is 0 Å². The SMILES string of the molecule is Brc1cccc2[nH]ccc12.CC(C)(C)[Si](C)(C)Cl.CC(C)(C)[Si](C)(C)n1ccc2c(-c3ccc4c(c3)c(-c3nc5ccccc5[nH]3)nn4COCC[Si](C)(C)C)cccc21.CC(C)(C)[Si](C)(C)n1ccc2c(B(O)O)cccc21.CC(C)(C)[Si](C)(C)n1ccc2c(B(O)O)cccc21.CC(C)(C)[Si](C)(C)n1ccc2c(Br)cccc21.C[Si](C)(C)CCOCn1nc(-c2nc3ccccc3[nH]2)c2cc(I)ccc21. The first-order chi connectivity index (χ1) is 65.9. The standard InChI is InChI=1S/C34H43N5OSi2.C20H23IN4OSi.2C14H22BNO2Si.C14H20BrNSi.C8H6BrN.C6H15ClSi/c1-34(2,3)42(7,8)39-19-18-26-25(12-11-15-31(26)39)24-16-17-30-27(22-24)32(33-35-28-13-9-10-14-29(28)36-33)37-38(30)23-40-20-21-41(4,5)6;1-27(2,3)11-10-26-13-25-18-9-8-14(21)12-15(18)19(24-25)20-22-16-6-4-5-7-17(16)23-20;2*1-14(2,3)19(4,5)16-10-9-11-12(15(17)18)7-6-8-13(11)16;1-14(2,3)17(4,5)16-10-9-11-12(15)7-6-8-13(11)16;9-7-2-1-3-8-6(7)4-5-10-8;1-6(2,3)8(4,5)7/h9-19,22H,20-21,23H2,1-8H3,(H,35,36);4-9,12H,10-11,13H2,1-3H3,(H,22,23);2*6-10,17-18H,1-5H3;6-10H,1-5H3;1-5,10H;1-5H3. The molecule has 0 aliphatic carbocycles. The summed E-state index contributed by atoms with van der Waals surface area (Å²) in [4.78, 5) is 19.7. The van der Waals surface area contributed by atoms with Gasteiger partial charge in [-0.25, -0.2) is 19.3 Å². The fourth-order valence-corrected chi connectivity index (χ4v) is 26.9. The summed E-state index contributed by atoms with van der Waals surface area (Å²) >= 11 is 15.6. The number of hydrogen-bond acceptors (Lipinski definition) is 10. The van der Waals surface area contributed by atoms with Crippen molar-refractivity contribution in [3.8, 4) is 34.2 Å². The molecule has 19 nitrogen and oxygen atoms in total. The first-order valence-electron chi connectivity index (χ1n) is 49.4. The van der Waals surface area contributed by atoms with Crippen molar-refractivity contribution in [2.24, 2.45) is 0 Å². The Morgan fingerprint density at radius 2 is 0.711 bits per heavy atom. The lowest BCUT2D eigenvalue weighted by Gasteiger charge is -2.38. The highest BCUT2D eigenvalue weighted by molar-refractivity contribution is 14.1. The summed E-state index contributed by atoms with van der Waals surface area (Å²) in [5.74, 6) is 1.57. The third kappa shape index (κ3) is 25.7. The van der Waals surface area contributed by atoms with Gasteiger partial charge in [-0.3, -0.25) is 0 Å². The summed E-state index contributed by atoms with van der Waals surface area (Å²) in [5, 5.41) is 57.0. The number of nitrogens with one attached hydrogen (secondary N) is 3. The van der Waals surface area contributed by atoms with Crippen LogP contribution in [0.4, 0.5) is 0 Å². The van der Waals surface area contributed by atoms with Crippen LogP contribution in [-0.2, 0) is 22.9 Å². The van der Waals surface area contributed by atoms with Crippen LogP contribution >= 0.6 is 65.5 Å². The van der Waals surface area contributed by atoms with Crippen LogP contribution in [0.5, 0.6) is 0 Å². The number of para-hydroxylation sites is 4. The molecule has 7 N–H and O–H groups in total. The van der Waals surface area contributed by atoms with Crippen molar-refractivity contribution in [1.29, 1.82) is 0 Å². The Morgan fingerprint density at radius 1 is 0.366 bits per heavy atom. The molecule has 32 heteroatoms. The fraction of sp³-hybridized carbons (Fsp3) is 0.382. The first kappa shape index (κ1) is 113. The molecule has 0 aliphatic rings. The van der Waals surface area contributed by atoms with E-state index in [2.05, 4.69) is 435 Å². The number of ether oxygens (including phenoxy) is 2. The topological polar surface area (TPSA) is 228 Å². The van der Waals surface area contributed by atoms with Gasteiger partial charge in [-0.05, 0) is 245 Å². The van der Waals surface area contributed by atoms with Crippen molar-refractivity contribution in [2.45, 2.75) is 259 Å². The number of fused-ring (bicyclic) bond motifs is 9. The van der Waals surface area contributed by atoms with Crippen LogP contribution in [-0.4, -0.2) is 165 Å². The molecule has 9 aromatic heterocycles. The molecular formula is C110H151B2Br2ClIN13O6Si7. The summed E-state index contributed by atoms with van der Waals surface area (Å²) in [5.41, 5.74) is 17.4. The molecule has 18 aromatic rings. The Hall–Kier alpha value is -8.05. The van der Waals surface area contributed by atoms with Crippen molar-refractivity contribution in [1.82, 2.24) is 61.4 Å². The average molecular weight is 2290 g/mol. The summed E-state index contributed by atoms with van der Waals surface area (Å²) in [6.07, 6.45) is 10.7. The van der Waals surface area contributed by atoms with Crippen LogP contribution in [0.1, 0.15) is 104 Å². The van der Waals surface area contributed by atoms with Gasteiger partial charge < -0.3 is 61.5 Å². The molecule has 142 heavy (non-hydrogen) atoms. The molecule has 9 aromatic carbocycles. The maximum atomic E-state index is 9.45. The Morgan fingerprint density at radius 3 is 1.10 bits per heavy atom. The number of rotatable bonds is 19. The van der Waals surface area contributed by atoms with E-state index in [1.165, 1.54) is 51.9 Å². The minimum atomic E-state index is -1.78. The molecular weight excluding hydrogens is 2140 g/mol. The maximum Gasteiger partial charge on any atom is 0.489 e. The highest BCUT2D eigenvalue weighted by atomic mass is 127. The van der Waals surface area contributed by atoms with Gasteiger partial charge >= 0.3 is 14.2 Å². The summed E-state index contributed by atoms with van der Waals surface area (Å²) in [6.45, 7) is 74.6. The predicted octanol–water partition coefficient (Wildman–Crippen LogP) is 30.6. The second kappa shape index (κ2) is 44.2. The molecule has 0 fully saturated rings. The number of aromatic amines is 3. The molecule has 0 atom stereocenters. The van der Waals surface area contributed by atoms with Crippen molar-refractivity contribution in [2.75, 3.05) is 13.2 Å². The highest BCUT2D eigenvalue weighted by Gasteiger charge is 2.43. The zero-order chi connectivity index (χ0) is 105. The average Bonchev–Trinajstić information content (AvgIpc) is 1.58. The molecule has 9 heterocycles. The molecule has 18 rings (SSSR count). The van der Waals surface area contributed by atoms with Crippen LogP contribution in [0.15, 0.2) is 246 Å². The minimum absolute atomic E-state index is 0.229. The highest BCUT2D eigenvalue weighted by Crippen LogP contribution is 2.46. The van der Waals surface area contributed by atoms with Gasteiger partial charge in [0.15, 0.2) is 52.0 Å².